The van der Waals surface area contributed by atoms with Crippen LogP contribution in [0.4, 0.5) is 5.82 Å². The van der Waals surface area contributed by atoms with Crippen LogP contribution in [-0.4, -0.2) is 60.5 Å². The van der Waals surface area contributed by atoms with E-state index in [9.17, 15) is 14.4 Å². The van der Waals surface area contributed by atoms with Gasteiger partial charge in [0.25, 0.3) is 5.91 Å². The molecule has 8 heteroatoms. The van der Waals surface area contributed by atoms with E-state index in [0.717, 1.165) is 37.4 Å². The van der Waals surface area contributed by atoms with Gasteiger partial charge >= 0.3 is 5.97 Å². The molecule has 2 amide bonds. The molecule has 30 heavy (non-hydrogen) atoms. The number of carbonyl (C=O) groups excluding carboxylic acids is 3. The molecule has 0 aromatic carbocycles. The van der Waals surface area contributed by atoms with E-state index in [-0.39, 0.29) is 30.4 Å². The number of nitrogens with two attached hydrogens (primary N) is 1. The number of amides is 2. The summed E-state index contributed by atoms with van der Waals surface area (Å²) in [6, 6.07) is 3.67. The lowest BCUT2D eigenvalue weighted by atomic mass is 9.87. The molecule has 8 nitrogen and oxygen atoms in total. The molecule has 0 radical (unpaired) electrons. The Morgan fingerprint density at radius 3 is 2.37 bits per heavy atom. The molecular formula is C22H32N4O4. The highest BCUT2D eigenvalue weighted by atomic mass is 16.5. The first-order valence-corrected chi connectivity index (χ1v) is 10.8. The highest BCUT2D eigenvalue weighted by molar-refractivity contribution is 5.92. The fraction of sp³-hybridized carbons (Fsp3) is 0.636. The van der Waals surface area contributed by atoms with Crippen molar-refractivity contribution in [3.8, 4) is 0 Å². The van der Waals surface area contributed by atoms with Crippen LogP contribution in [-0.2, 0) is 14.3 Å². The second kappa shape index (κ2) is 9.91. The SMILES string of the molecule is CC1CCC(N(C)C(=O)COC(=O)C2CCN(c3ccc(C(N)=O)cn3)CC2)CC1. The second-order valence-electron chi connectivity index (χ2n) is 8.56. The van der Waals surface area contributed by atoms with E-state index in [0.29, 0.717) is 31.5 Å². The summed E-state index contributed by atoms with van der Waals surface area (Å²) in [6.07, 6.45) is 7.06. The summed E-state index contributed by atoms with van der Waals surface area (Å²) in [5, 5.41) is 0. The zero-order chi connectivity index (χ0) is 21.7. The van der Waals surface area contributed by atoms with E-state index in [1.54, 1.807) is 17.0 Å². The Kier molecular flexibility index (Phi) is 7.29. The minimum atomic E-state index is -0.506. The Balaban J connectivity index is 1.41. The van der Waals surface area contributed by atoms with Crippen molar-refractivity contribution in [2.24, 2.45) is 17.6 Å². The minimum absolute atomic E-state index is 0.126. The molecule has 2 aliphatic rings. The van der Waals surface area contributed by atoms with Crippen molar-refractivity contribution in [1.29, 1.82) is 0 Å². The number of primary amides is 1. The summed E-state index contributed by atoms with van der Waals surface area (Å²) in [5.41, 5.74) is 5.61. The first-order valence-electron chi connectivity index (χ1n) is 10.8. The van der Waals surface area contributed by atoms with Crippen LogP contribution in [0.25, 0.3) is 0 Å². The van der Waals surface area contributed by atoms with E-state index in [1.165, 1.54) is 6.20 Å². The number of esters is 1. The van der Waals surface area contributed by atoms with Gasteiger partial charge in [-0.25, -0.2) is 4.98 Å². The van der Waals surface area contributed by atoms with E-state index in [2.05, 4.69) is 16.8 Å². The van der Waals surface area contributed by atoms with Crippen LogP contribution in [0.5, 0.6) is 0 Å². The van der Waals surface area contributed by atoms with Gasteiger partial charge in [0.05, 0.1) is 11.5 Å². The topological polar surface area (TPSA) is 106 Å². The second-order valence-corrected chi connectivity index (χ2v) is 8.56. The lowest BCUT2D eigenvalue weighted by Crippen LogP contribution is -2.42. The maximum Gasteiger partial charge on any atom is 0.309 e. The van der Waals surface area contributed by atoms with Crippen LogP contribution in [0.3, 0.4) is 0 Å². The summed E-state index contributed by atoms with van der Waals surface area (Å²) in [5.74, 6) is 0.341. The molecule has 1 aliphatic carbocycles. The van der Waals surface area contributed by atoms with Crippen LogP contribution in [0, 0.1) is 11.8 Å². The molecule has 0 atom stereocenters. The summed E-state index contributed by atoms with van der Waals surface area (Å²) in [4.78, 5) is 44.1. The number of hydrogen-bond donors (Lipinski definition) is 1. The third-order valence-electron chi connectivity index (χ3n) is 6.45. The average molecular weight is 417 g/mol. The smallest absolute Gasteiger partial charge is 0.309 e. The molecule has 164 valence electrons. The Labute approximate surface area is 177 Å². The quantitative estimate of drug-likeness (QED) is 0.711. The summed E-state index contributed by atoms with van der Waals surface area (Å²) < 4.78 is 5.34. The van der Waals surface area contributed by atoms with Crippen molar-refractivity contribution in [1.82, 2.24) is 9.88 Å². The predicted octanol–water partition coefficient (Wildman–Crippen LogP) is 1.98. The van der Waals surface area contributed by atoms with Gasteiger partial charge in [-0.3, -0.25) is 14.4 Å². The summed E-state index contributed by atoms with van der Waals surface area (Å²) in [7, 11) is 1.81. The van der Waals surface area contributed by atoms with E-state index < -0.39 is 5.91 Å². The van der Waals surface area contributed by atoms with Crippen molar-refractivity contribution in [3.05, 3.63) is 23.9 Å². The zero-order valence-corrected chi connectivity index (χ0v) is 17.9. The third kappa shape index (κ3) is 5.49. The predicted molar refractivity (Wildman–Crippen MR) is 113 cm³/mol. The van der Waals surface area contributed by atoms with Crippen LogP contribution in [0.2, 0.25) is 0 Å². The number of anilines is 1. The molecule has 2 fully saturated rings. The van der Waals surface area contributed by atoms with E-state index >= 15 is 0 Å². The Hall–Kier alpha value is -2.64. The Morgan fingerprint density at radius 2 is 1.80 bits per heavy atom. The van der Waals surface area contributed by atoms with Gasteiger partial charge in [-0.2, -0.15) is 0 Å². The Bertz CT molecular complexity index is 751. The van der Waals surface area contributed by atoms with Crippen LogP contribution in [0.1, 0.15) is 55.8 Å². The maximum atomic E-state index is 12.4. The molecule has 1 saturated heterocycles. The molecule has 1 aliphatic heterocycles. The number of carbonyl (C=O) groups is 3. The monoisotopic (exact) mass is 416 g/mol. The van der Waals surface area contributed by atoms with Gasteiger partial charge in [0.2, 0.25) is 5.91 Å². The molecule has 3 rings (SSSR count). The summed E-state index contributed by atoms with van der Waals surface area (Å²) >= 11 is 0. The molecule has 0 bridgehead atoms. The van der Waals surface area contributed by atoms with E-state index in [1.807, 2.05) is 7.05 Å². The molecule has 1 aromatic heterocycles. The molecule has 1 saturated carbocycles. The fourth-order valence-corrected chi connectivity index (χ4v) is 4.25. The van der Waals surface area contributed by atoms with Crippen LogP contribution < -0.4 is 10.6 Å². The normalized spacial score (nSPS) is 22.4. The van der Waals surface area contributed by atoms with Crippen molar-refractivity contribution < 1.29 is 19.1 Å². The fourth-order valence-electron chi connectivity index (χ4n) is 4.25. The molecule has 1 aromatic rings. The highest BCUT2D eigenvalue weighted by Gasteiger charge is 2.29. The van der Waals surface area contributed by atoms with Gasteiger partial charge in [0, 0.05) is 32.4 Å². The number of nitrogens with zero attached hydrogens (tertiary/aromatic N) is 3. The number of ether oxygens (including phenoxy) is 1. The van der Waals surface area contributed by atoms with Crippen molar-refractivity contribution >= 4 is 23.6 Å². The van der Waals surface area contributed by atoms with Gasteiger partial charge in [0.15, 0.2) is 6.61 Å². The lowest BCUT2D eigenvalue weighted by molar-refractivity contribution is -0.156. The average Bonchev–Trinajstić information content (AvgIpc) is 2.77. The van der Waals surface area contributed by atoms with Crippen molar-refractivity contribution in [2.45, 2.75) is 51.5 Å². The first kappa shape index (κ1) is 22.1. The lowest BCUT2D eigenvalue weighted by Gasteiger charge is -2.34. The summed E-state index contributed by atoms with van der Waals surface area (Å²) in [6.45, 7) is 3.39. The standard InChI is InChI=1S/C22H32N4O4/c1-15-3-6-18(7-4-15)25(2)20(27)14-30-22(29)16-9-11-26(12-10-16)19-8-5-17(13-24-19)21(23)28/h5,8,13,15-16,18H,3-4,6-7,9-12,14H2,1-2H3,(H2,23,28). The van der Waals surface area contributed by atoms with Crippen LogP contribution in [0.15, 0.2) is 18.3 Å². The zero-order valence-electron chi connectivity index (χ0n) is 17.9. The van der Waals surface area contributed by atoms with Gasteiger partial charge in [-0.1, -0.05) is 6.92 Å². The molecular weight excluding hydrogens is 384 g/mol. The molecule has 0 unspecified atom stereocenters. The van der Waals surface area contributed by atoms with Gasteiger partial charge in [0.1, 0.15) is 5.82 Å². The Morgan fingerprint density at radius 1 is 1.13 bits per heavy atom. The molecule has 0 spiro atoms. The number of piperidine rings is 1. The van der Waals surface area contributed by atoms with Crippen molar-refractivity contribution in [2.75, 3.05) is 31.6 Å². The number of aromatic nitrogens is 1. The van der Waals surface area contributed by atoms with Gasteiger partial charge < -0.3 is 20.3 Å². The number of rotatable bonds is 6. The highest BCUT2D eigenvalue weighted by Crippen LogP contribution is 2.27. The van der Waals surface area contributed by atoms with E-state index in [4.69, 9.17) is 10.5 Å². The number of likely N-dealkylation sites (N-methyl/N-ethyl adjacent to an activating group) is 1. The number of hydrogen-bond acceptors (Lipinski definition) is 6. The van der Waals surface area contributed by atoms with Gasteiger partial charge in [-0.15, -0.1) is 0 Å². The molecule has 2 N–H and O–H groups in total. The van der Waals surface area contributed by atoms with Crippen molar-refractivity contribution in [3.63, 3.8) is 0 Å². The largest absolute Gasteiger partial charge is 0.455 e. The van der Waals surface area contributed by atoms with Crippen LogP contribution >= 0.6 is 0 Å². The maximum absolute atomic E-state index is 12.4. The third-order valence-corrected chi connectivity index (χ3v) is 6.45. The first-order chi connectivity index (χ1) is 14.3. The molecule has 2 heterocycles. The van der Waals surface area contributed by atoms with Gasteiger partial charge in [-0.05, 0) is 56.6 Å². The number of pyridine rings is 1. The minimum Gasteiger partial charge on any atom is -0.455 e.